The number of thioether (sulfide) groups is 1. The zero-order valence-electron chi connectivity index (χ0n) is 13.8. The SMILES string of the molecule is CC(C)(C)SC[C@H](NC(=O)[C@@H](CS)Cc1ccccc1)C(=O)O. The van der Waals surface area contributed by atoms with Crippen LogP contribution in [0.25, 0.3) is 0 Å². The van der Waals surface area contributed by atoms with E-state index in [4.69, 9.17) is 0 Å². The van der Waals surface area contributed by atoms with Gasteiger partial charge in [-0.05, 0) is 12.0 Å². The average molecular weight is 356 g/mol. The molecule has 0 heterocycles. The predicted molar refractivity (Wildman–Crippen MR) is 99.3 cm³/mol. The Kier molecular flexibility index (Phi) is 7.99. The standard InChI is InChI=1S/C17H25NO3S2/c1-17(2,3)23-11-14(16(20)21)18-15(19)13(10-22)9-12-7-5-4-6-8-12/h4-8,13-14,22H,9-11H2,1-3H3,(H,18,19)(H,20,21)/t13-,14+/m1/s1. The molecule has 4 nitrogen and oxygen atoms in total. The lowest BCUT2D eigenvalue weighted by Gasteiger charge is -2.23. The van der Waals surface area contributed by atoms with Crippen LogP contribution in [0.3, 0.4) is 0 Å². The molecule has 0 aromatic heterocycles. The first-order valence-corrected chi connectivity index (χ1v) is 9.16. The van der Waals surface area contributed by atoms with Crippen molar-refractivity contribution in [3.63, 3.8) is 0 Å². The van der Waals surface area contributed by atoms with Crippen molar-refractivity contribution < 1.29 is 14.7 Å². The second kappa shape index (κ2) is 9.23. The van der Waals surface area contributed by atoms with Crippen molar-refractivity contribution in [3.05, 3.63) is 35.9 Å². The van der Waals surface area contributed by atoms with Crippen LogP contribution < -0.4 is 5.32 Å². The third-order valence-electron chi connectivity index (χ3n) is 3.21. The first kappa shape index (κ1) is 19.9. The Morgan fingerprint density at radius 3 is 2.35 bits per heavy atom. The molecule has 0 aliphatic heterocycles. The van der Waals surface area contributed by atoms with Crippen LogP contribution in [0.5, 0.6) is 0 Å². The van der Waals surface area contributed by atoms with E-state index in [1.807, 2.05) is 51.1 Å². The molecule has 6 heteroatoms. The summed E-state index contributed by atoms with van der Waals surface area (Å²) in [6, 6.07) is 8.78. The number of carbonyl (C=O) groups excluding carboxylic acids is 1. The molecule has 1 aromatic rings. The van der Waals surface area contributed by atoms with Gasteiger partial charge in [0, 0.05) is 16.3 Å². The Morgan fingerprint density at radius 1 is 1.26 bits per heavy atom. The van der Waals surface area contributed by atoms with Gasteiger partial charge in [0.1, 0.15) is 6.04 Å². The Morgan fingerprint density at radius 2 is 1.87 bits per heavy atom. The minimum atomic E-state index is -1.01. The van der Waals surface area contributed by atoms with E-state index < -0.39 is 12.0 Å². The van der Waals surface area contributed by atoms with E-state index in [-0.39, 0.29) is 16.6 Å². The maximum absolute atomic E-state index is 12.4. The highest BCUT2D eigenvalue weighted by Crippen LogP contribution is 2.24. The lowest BCUT2D eigenvalue weighted by molar-refractivity contribution is -0.141. The first-order chi connectivity index (χ1) is 10.7. The van der Waals surface area contributed by atoms with Gasteiger partial charge < -0.3 is 10.4 Å². The molecule has 2 atom stereocenters. The summed E-state index contributed by atoms with van der Waals surface area (Å²) in [4.78, 5) is 23.8. The number of hydrogen-bond donors (Lipinski definition) is 3. The van der Waals surface area contributed by atoms with Crippen molar-refractivity contribution in [2.75, 3.05) is 11.5 Å². The van der Waals surface area contributed by atoms with Crippen molar-refractivity contribution in [2.45, 2.75) is 38.0 Å². The van der Waals surface area contributed by atoms with Gasteiger partial charge in [-0.25, -0.2) is 4.79 Å². The summed E-state index contributed by atoms with van der Waals surface area (Å²) in [7, 11) is 0. The molecule has 0 saturated carbocycles. The fraction of sp³-hybridized carbons (Fsp3) is 0.529. The van der Waals surface area contributed by atoms with Crippen molar-refractivity contribution >= 4 is 36.3 Å². The monoisotopic (exact) mass is 355 g/mol. The minimum absolute atomic E-state index is 0.0502. The summed E-state index contributed by atoms with van der Waals surface area (Å²) in [5, 5.41) is 12.0. The van der Waals surface area contributed by atoms with Crippen molar-refractivity contribution in [1.82, 2.24) is 5.32 Å². The summed E-state index contributed by atoms with van der Waals surface area (Å²) >= 11 is 5.76. The van der Waals surface area contributed by atoms with Crippen LogP contribution in [-0.2, 0) is 16.0 Å². The fourth-order valence-corrected chi connectivity index (χ4v) is 3.12. The second-order valence-electron chi connectivity index (χ2n) is 6.39. The highest BCUT2D eigenvalue weighted by Gasteiger charge is 2.26. The highest BCUT2D eigenvalue weighted by molar-refractivity contribution is 8.00. The molecule has 0 unspecified atom stereocenters. The van der Waals surface area contributed by atoms with Crippen molar-refractivity contribution in [2.24, 2.45) is 5.92 Å². The number of amides is 1. The van der Waals surface area contributed by atoms with Crippen LogP contribution in [0.4, 0.5) is 0 Å². The summed E-state index contributed by atoms with van der Waals surface area (Å²) in [6.45, 7) is 6.05. The smallest absolute Gasteiger partial charge is 0.327 e. The molecule has 0 aliphatic rings. The molecule has 1 amide bonds. The molecule has 0 radical (unpaired) electrons. The van der Waals surface area contributed by atoms with E-state index in [9.17, 15) is 14.7 Å². The zero-order chi connectivity index (χ0) is 17.5. The maximum atomic E-state index is 12.4. The summed E-state index contributed by atoms with van der Waals surface area (Å²) in [5.74, 6) is -0.894. The quantitative estimate of drug-likeness (QED) is 0.627. The third kappa shape index (κ3) is 7.79. The number of carboxylic acids is 1. The summed E-state index contributed by atoms with van der Waals surface area (Å²) < 4.78 is -0.0502. The van der Waals surface area contributed by atoms with Gasteiger partial charge in [0.05, 0.1) is 5.92 Å². The van der Waals surface area contributed by atoms with E-state index in [1.165, 1.54) is 11.8 Å². The van der Waals surface area contributed by atoms with Gasteiger partial charge in [-0.15, -0.1) is 0 Å². The van der Waals surface area contributed by atoms with E-state index in [1.54, 1.807) is 0 Å². The molecule has 0 spiro atoms. The number of benzene rings is 1. The predicted octanol–water partition coefficient (Wildman–Crippen LogP) is 2.88. The fourth-order valence-electron chi connectivity index (χ4n) is 1.94. The van der Waals surface area contributed by atoms with E-state index >= 15 is 0 Å². The molecule has 23 heavy (non-hydrogen) atoms. The Balaban J connectivity index is 2.66. The average Bonchev–Trinajstić information content (AvgIpc) is 2.48. The second-order valence-corrected chi connectivity index (χ2v) is 8.60. The first-order valence-electron chi connectivity index (χ1n) is 7.55. The number of carboxylic acid groups (broad SMARTS) is 1. The van der Waals surface area contributed by atoms with Gasteiger partial charge in [-0.2, -0.15) is 24.4 Å². The Bertz CT molecular complexity index is 514. The van der Waals surface area contributed by atoms with Gasteiger partial charge in [0.2, 0.25) is 5.91 Å². The highest BCUT2D eigenvalue weighted by atomic mass is 32.2. The largest absolute Gasteiger partial charge is 0.480 e. The lowest BCUT2D eigenvalue weighted by Crippen LogP contribution is -2.46. The molecule has 128 valence electrons. The van der Waals surface area contributed by atoms with Gasteiger partial charge >= 0.3 is 5.97 Å². The lowest BCUT2D eigenvalue weighted by atomic mass is 10.00. The van der Waals surface area contributed by atoms with Gasteiger partial charge in [0.15, 0.2) is 0 Å². The van der Waals surface area contributed by atoms with Crippen molar-refractivity contribution in [3.8, 4) is 0 Å². The summed E-state index contributed by atoms with van der Waals surface area (Å²) in [5.41, 5.74) is 1.04. The molecule has 0 fully saturated rings. The number of carbonyl (C=O) groups is 2. The molecular weight excluding hydrogens is 330 g/mol. The van der Waals surface area contributed by atoms with Crippen LogP contribution in [0, 0.1) is 5.92 Å². The molecule has 0 aliphatic carbocycles. The summed E-state index contributed by atoms with van der Waals surface area (Å²) in [6.07, 6.45) is 0.551. The Labute approximate surface area is 147 Å². The number of nitrogens with one attached hydrogen (secondary N) is 1. The van der Waals surface area contributed by atoms with Crippen LogP contribution in [-0.4, -0.2) is 39.3 Å². The maximum Gasteiger partial charge on any atom is 0.327 e. The van der Waals surface area contributed by atoms with E-state index in [0.29, 0.717) is 17.9 Å². The number of thiol groups is 1. The Hall–Kier alpha value is -1.14. The molecule has 0 bridgehead atoms. The van der Waals surface area contributed by atoms with Crippen LogP contribution in [0.2, 0.25) is 0 Å². The molecule has 1 rings (SSSR count). The minimum Gasteiger partial charge on any atom is -0.480 e. The van der Waals surface area contributed by atoms with E-state index in [2.05, 4.69) is 17.9 Å². The number of rotatable bonds is 8. The zero-order valence-corrected chi connectivity index (χ0v) is 15.5. The molecule has 2 N–H and O–H groups in total. The normalized spacial score (nSPS) is 14.1. The van der Waals surface area contributed by atoms with Crippen LogP contribution in [0.15, 0.2) is 30.3 Å². The number of aliphatic carboxylic acids is 1. The number of hydrogen-bond acceptors (Lipinski definition) is 4. The van der Waals surface area contributed by atoms with E-state index in [0.717, 1.165) is 5.56 Å². The molecular formula is C17H25NO3S2. The van der Waals surface area contributed by atoms with Gasteiger partial charge in [0.25, 0.3) is 0 Å². The van der Waals surface area contributed by atoms with Gasteiger partial charge in [-0.3, -0.25) is 4.79 Å². The molecule has 0 saturated heterocycles. The van der Waals surface area contributed by atoms with Crippen LogP contribution in [0.1, 0.15) is 26.3 Å². The van der Waals surface area contributed by atoms with Crippen LogP contribution >= 0.6 is 24.4 Å². The van der Waals surface area contributed by atoms with Gasteiger partial charge in [-0.1, -0.05) is 51.1 Å². The topological polar surface area (TPSA) is 66.4 Å². The van der Waals surface area contributed by atoms with Crippen molar-refractivity contribution in [1.29, 1.82) is 0 Å². The molecule has 1 aromatic carbocycles. The third-order valence-corrected chi connectivity index (χ3v) is 5.02.